The quantitative estimate of drug-likeness (QED) is 0.639. The van der Waals surface area contributed by atoms with Crippen molar-refractivity contribution in [2.75, 3.05) is 6.61 Å². The van der Waals surface area contributed by atoms with E-state index in [2.05, 4.69) is 0 Å². The number of aliphatic hydroxyl groups is 3. The van der Waals surface area contributed by atoms with Crippen LogP contribution in [0.25, 0.3) is 0 Å². The van der Waals surface area contributed by atoms with Gasteiger partial charge in [-0.3, -0.25) is 0 Å². The highest BCUT2D eigenvalue weighted by molar-refractivity contribution is 5.16. The Balaban J connectivity index is 1.84. The Hall–Kier alpha value is -1.02. The molecule has 2 aliphatic rings. The van der Waals surface area contributed by atoms with Crippen molar-refractivity contribution < 1.29 is 30.9 Å². The Morgan fingerprint density at radius 2 is 1.79 bits per heavy atom. The molecule has 0 bridgehead atoms. The smallest absolute Gasteiger partial charge is 0.184 e. The molecule has 6 atom stereocenters. The molecule has 2 aliphatic heterocycles. The molecule has 6 heteroatoms. The number of benzene rings is 1. The standard InChI is InChI=1S/C13H16O6/c14-9-10(15)12(16)18-8-6-17-13(19-11(8)9)7-4-2-1-3-5-7/h1-5,8-16H,6H2/t8-,9-,10-,11-,12?,13?/m0/s1/i13D. The molecule has 2 saturated heterocycles. The lowest BCUT2D eigenvalue weighted by atomic mass is 9.98. The van der Waals surface area contributed by atoms with Crippen molar-refractivity contribution >= 4 is 0 Å². The van der Waals surface area contributed by atoms with Gasteiger partial charge in [0.1, 0.15) is 24.4 Å². The molecule has 0 aliphatic carbocycles. The number of ether oxygens (including phenoxy) is 3. The fourth-order valence-electron chi connectivity index (χ4n) is 2.24. The van der Waals surface area contributed by atoms with Gasteiger partial charge in [-0.1, -0.05) is 30.3 Å². The zero-order chi connectivity index (χ0) is 14.3. The summed E-state index contributed by atoms with van der Waals surface area (Å²) in [4.78, 5) is 0. The van der Waals surface area contributed by atoms with Crippen LogP contribution in [0.15, 0.2) is 30.3 Å². The van der Waals surface area contributed by atoms with Crippen molar-refractivity contribution in [1.82, 2.24) is 0 Å². The van der Waals surface area contributed by atoms with E-state index in [1.165, 1.54) is 0 Å². The lowest BCUT2D eigenvalue weighted by Gasteiger charge is -2.45. The summed E-state index contributed by atoms with van der Waals surface area (Å²) in [5, 5.41) is 29.0. The minimum atomic E-state index is -1.77. The number of fused-ring (bicyclic) bond motifs is 1. The van der Waals surface area contributed by atoms with Gasteiger partial charge >= 0.3 is 0 Å². The zero-order valence-electron chi connectivity index (χ0n) is 11.0. The van der Waals surface area contributed by atoms with E-state index in [9.17, 15) is 15.3 Å². The van der Waals surface area contributed by atoms with Crippen molar-refractivity contribution in [2.45, 2.75) is 37.0 Å². The van der Waals surface area contributed by atoms with Crippen molar-refractivity contribution in [2.24, 2.45) is 0 Å². The molecule has 0 amide bonds. The van der Waals surface area contributed by atoms with Crippen LogP contribution in [0.4, 0.5) is 0 Å². The van der Waals surface area contributed by atoms with E-state index in [0.717, 1.165) is 0 Å². The third-order valence-corrected chi connectivity index (χ3v) is 3.29. The number of rotatable bonds is 1. The molecule has 1 aromatic carbocycles. The number of hydrogen-bond acceptors (Lipinski definition) is 6. The first-order chi connectivity index (χ1) is 9.51. The molecule has 0 radical (unpaired) electrons. The molecule has 0 saturated carbocycles. The lowest BCUT2D eigenvalue weighted by molar-refractivity contribution is -0.354. The summed E-state index contributed by atoms with van der Waals surface area (Å²) in [5.41, 5.74) is 0.478. The number of aliphatic hydroxyl groups excluding tert-OH is 3. The van der Waals surface area contributed by atoms with Crippen LogP contribution in [0.3, 0.4) is 0 Å². The molecule has 0 aromatic heterocycles. The second kappa shape index (κ2) is 5.16. The first-order valence-corrected chi connectivity index (χ1v) is 6.08. The van der Waals surface area contributed by atoms with Gasteiger partial charge < -0.3 is 29.5 Å². The molecular formula is C13H16O6. The second-order valence-electron chi connectivity index (χ2n) is 4.59. The summed E-state index contributed by atoms with van der Waals surface area (Å²) in [6, 6.07) is 8.65. The first-order valence-electron chi connectivity index (χ1n) is 6.58. The normalized spacial score (nSPS) is 47.3. The molecule has 2 unspecified atom stereocenters. The Labute approximate surface area is 111 Å². The van der Waals surface area contributed by atoms with E-state index in [0.29, 0.717) is 5.56 Å². The topological polar surface area (TPSA) is 88.4 Å². The summed E-state index contributed by atoms with van der Waals surface area (Å²) < 4.78 is 24.2. The Bertz CT molecular complexity index is 469. The average molecular weight is 269 g/mol. The van der Waals surface area contributed by atoms with Crippen molar-refractivity contribution in [3.8, 4) is 0 Å². The number of hydrogen-bond donors (Lipinski definition) is 3. The van der Waals surface area contributed by atoms with Gasteiger partial charge in [0.25, 0.3) is 0 Å². The summed E-state index contributed by atoms with van der Waals surface area (Å²) >= 11 is 0. The van der Waals surface area contributed by atoms with Gasteiger partial charge in [-0.2, -0.15) is 0 Å². The zero-order valence-corrected chi connectivity index (χ0v) is 10.0. The van der Waals surface area contributed by atoms with Crippen LogP contribution in [-0.4, -0.2) is 52.6 Å². The fourth-order valence-corrected chi connectivity index (χ4v) is 2.24. The summed E-state index contributed by atoms with van der Waals surface area (Å²) in [7, 11) is 0. The summed E-state index contributed by atoms with van der Waals surface area (Å²) in [6.07, 6.45) is -7.76. The van der Waals surface area contributed by atoms with Crippen LogP contribution in [0.2, 0.25) is 0 Å². The first kappa shape index (κ1) is 11.8. The van der Waals surface area contributed by atoms with E-state index in [1.807, 2.05) is 0 Å². The SMILES string of the molecule is [2H]C1(c2ccccc2)OC[C@@H]2OC(O)[C@@H](O)[C@H](O)[C@H]2O1. The van der Waals surface area contributed by atoms with Gasteiger partial charge in [-0.25, -0.2) is 0 Å². The molecular weight excluding hydrogens is 252 g/mol. The highest BCUT2D eigenvalue weighted by Gasteiger charge is 2.48. The van der Waals surface area contributed by atoms with Crippen LogP contribution in [-0.2, 0) is 14.2 Å². The van der Waals surface area contributed by atoms with Crippen LogP contribution in [0.5, 0.6) is 0 Å². The van der Waals surface area contributed by atoms with Gasteiger partial charge in [0.15, 0.2) is 12.6 Å². The third-order valence-electron chi connectivity index (χ3n) is 3.29. The van der Waals surface area contributed by atoms with Crippen LogP contribution < -0.4 is 0 Å². The lowest BCUT2D eigenvalue weighted by Crippen LogP contribution is -2.61. The predicted molar refractivity (Wildman–Crippen MR) is 62.9 cm³/mol. The van der Waals surface area contributed by atoms with E-state index in [4.69, 9.17) is 15.6 Å². The maximum atomic E-state index is 9.97. The summed E-state index contributed by atoms with van der Waals surface area (Å²) in [6.45, 7) is -0.0239. The molecule has 6 nitrogen and oxygen atoms in total. The Morgan fingerprint density at radius 1 is 1.05 bits per heavy atom. The van der Waals surface area contributed by atoms with Gasteiger partial charge in [0, 0.05) is 5.56 Å². The van der Waals surface area contributed by atoms with Crippen molar-refractivity contribution in [3.63, 3.8) is 0 Å². The molecule has 3 rings (SSSR count). The van der Waals surface area contributed by atoms with Crippen LogP contribution in [0, 0.1) is 0 Å². The highest BCUT2D eigenvalue weighted by Crippen LogP contribution is 2.33. The maximum absolute atomic E-state index is 9.97. The van der Waals surface area contributed by atoms with Crippen molar-refractivity contribution in [1.29, 1.82) is 0 Å². The summed E-state index contributed by atoms with van der Waals surface area (Å²) in [5.74, 6) is 0. The van der Waals surface area contributed by atoms with E-state index < -0.39 is 37.0 Å². The van der Waals surface area contributed by atoms with Gasteiger partial charge in [-0.05, 0) is 0 Å². The highest BCUT2D eigenvalue weighted by atomic mass is 16.7. The molecule has 2 fully saturated rings. The largest absolute Gasteiger partial charge is 0.387 e. The van der Waals surface area contributed by atoms with Crippen LogP contribution in [0.1, 0.15) is 13.2 Å². The minimum absolute atomic E-state index is 0.0239. The van der Waals surface area contributed by atoms with Crippen LogP contribution >= 0.6 is 0 Å². The van der Waals surface area contributed by atoms with E-state index in [-0.39, 0.29) is 6.61 Å². The monoisotopic (exact) mass is 269 g/mol. The molecule has 104 valence electrons. The average Bonchev–Trinajstić information content (AvgIpc) is 2.47. The van der Waals surface area contributed by atoms with Gasteiger partial charge in [0.05, 0.1) is 7.98 Å². The fraction of sp³-hybridized carbons (Fsp3) is 0.538. The Kier molecular flexibility index (Phi) is 3.20. The molecule has 2 heterocycles. The molecule has 3 N–H and O–H groups in total. The van der Waals surface area contributed by atoms with Crippen molar-refractivity contribution in [3.05, 3.63) is 35.9 Å². The van der Waals surface area contributed by atoms with E-state index in [1.54, 1.807) is 30.3 Å². The molecule has 1 aromatic rings. The minimum Gasteiger partial charge on any atom is -0.387 e. The second-order valence-corrected chi connectivity index (χ2v) is 4.59. The Morgan fingerprint density at radius 3 is 2.53 bits per heavy atom. The van der Waals surface area contributed by atoms with Gasteiger partial charge in [0.2, 0.25) is 0 Å². The van der Waals surface area contributed by atoms with Gasteiger partial charge in [-0.15, -0.1) is 0 Å². The molecule has 19 heavy (non-hydrogen) atoms. The third kappa shape index (κ3) is 2.38. The van der Waals surface area contributed by atoms with E-state index >= 15 is 0 Å². The maximum Gasteiger partial charge on any atom is 0.184 e. The predicted octanol–water partition coefficient (Wildman–Crippen LogP) is -0.460. The molecule has 0 spiro atoms.